The highest BCUT2D eigenvalue weighted by atomic mass is 32.1. The zero-order chi connectivity index (χ0) is 14.5. The number of carbonyl (C=O) groups is 1. The van der Waals surface area contributed by atoms with E-state index in [0.29, 0.717) is 0 Å². The molecular weight excluding hydrogens is 318 g/mol. The minimum atomic E-state index is -0.0759. The lowest BCUT2D eigenvalue weighted by Gasteiger charge is -2.15. The van der Waals surface area contributed by atoms with Crippen molar-refractivity contribution in [3.05, 3.63) is 73.2 Å². The molecule has 0 aliphatic rings. The first kappa shape index (κ1) is 14.3. The van der Waals surface area contributed by atoms with Crippen molar-refractivity contribution in [2.75, 3.05) is 0 Å². The summed E-state index contributed by atoms with van der Waals surface area (Å²) in [6.45, 7) is 0. The maximum atomic E-state index is 12.2. The van der Waals surface area contributed by atoms with E-state index in [0.717, 1.165) is 15.3 Å². The standard InChI is InChI=1S/C16H13NOS3/c18-15(6-5-13-3-1-8-20-13)17-16(12-7-10-19-11-12)14-4-2-9-21-14/h1-11,16H,(H,17,18)/b6-5+. The molecule has 1 N–H and O–H groups in total. The Balaban J connectivity index is 1.74. The van der Waals surface area contributed by atoms with Crippen LogP contribution in [0.25, 0.3) is 6.08 Å². The summed E-state index contributed by atoms with van der Waals surface area (Å²) in [5, 5.41) is 11.2. The molecule has 1 atom stereocenters. The average molecular weight is 331 g/mol. The van der Waals surface area contributed by atoms with E-state index in [1.807, 2.05) is 40.4 Å². The van der Waals surface area contributed by atoms with Crippen LogP contribution in [0.15, 0.2) is 57.9 Å². The van der Waals surface area contributed by atoms with Gasteiger partial charge in [0.1, 0.15) is 0 Å². The second kappa shape index (κ2) is 6.85. The monoisotopic (exact) mass is 331 g/mol. The van der Waals surface area contributed by atoms with Crippen LogP contribution in [-0.4, -0.2) is 5.91 Å². The number of hydrogen-bond acceptors (Lipinski definition) is 4. The molecule has 3 aromatic heterocycles. The largest absolute Gasteiger partial charge is 0.341 e. The minimum Gasteiger partial charge on any atom is -0.341 e. The van der Waals surface area contributed by atoms with Gasteiger partial charge in [0.15, 0.2) is 0 Å². The topological polar surface area (TPSA) is 29.1 Å². The van der Waals surface area contributed by atoms with Crippen molar-refractivity contribution in [3.63, 3.8) is 0 Å². The normalized spacial score (nSPS) is 12.6. The fourth-order valence-electron chi connectivity index (χ4n) is 1.95. The zero-order valence-electron chi connectivity index (χ0n) is 11.1. The highest BCUT2D eigenvalue weighted by Gasteiger charge is 2.17. The third-order valence-electron chi connectivity index (χ3n) is 2.93. The molecule has 1 amide bonds. The van der Waals surface area contributed by atoms with Crippen LogP contribution in [0.2, 0.25) is 0 Å². The van der Waals surface area contributed by atoms with E-state index in [2.05, 4.69) is 22.8 Å². The third kappa shape index (κ3) is 3.69. The summed E-state index contributed by atoms with van der Waals surface area (Å²) < 4.78 is 0. The molecule has 2 nitrogen and oxygen atoms in total. The van der Waals surface area contributed by atoms with E-state index in [1.165, 1.54) is 0 Å². The Morgan fingerprint density at radius 1 is 1.10 bits per heavy atom. The summed E-state index contributed by atoms with van der Waals surface area (Å²) in [4.78, 5) is 14.4. The van der Waals surface area contributed by atoms with Crippen LogP contribution in [0.4, 0.5) is 0 Å². The van der Waals surface area contributed by atoms with Gasteiger partial charge in [0, 0.05) is 15.8 Å². The van der Waals surface area contributed by atoms with Crippen molar-refractivity contribution in [1.29, 1.82) is 0 Å². The van der Waals surface area contributed by atoms with Gasteiger partial charge in [-0.3, -0.25) is 4.79 Å². The predicted octanol–water partition coefficient (Wildman–Crippen LogP) is 4.79. The third-order valence-corrected chi connectivity index (χ3v) is 5.41. The molecule has 0 aliphatic carbocycles. The second-order valence-electron chi connectivity index (χ2n) is 4.36. The predicted molar refractivity (Wildman–Crippen MR) is 92.0 cm³/mol. The van der Waals surface area contributed by atoms with Crippen molar-refractivity contribution >= 4 is 46.0 Å². The van der Waals surface area contributed by atoms with Crippen LogP contribution in [0.1, 0.15) is 21.4 Å². The van der Waals surface area contributed by atoms with Gasteiger partial charge in [-0.15, -0.1) is 22.7 Å². The maximum Gasteiger partial charge on any atom is 0.244 e. The molecule has 0 bridgehead atoms. The Kier molecular flexibility index (Phi) is 4.65. The van der Waals surface area contributed by atoms with Crippen molar-refractivity contribution in [2.45, 2.75) is 6.04 Å². The molecule has 21 heavy (non-hydrogen) atoms. The van der Waals surface area contributed by atoms with Crippen LogP contribution < -0.4 is 5.32 Å². The Morgan fingerprint density at radius 2 is 1.95 bits per heavy atom. The van der Waals surface area contributed by atoms with Crippen LogP contribution in [0.3, 0.4) is 0 Å². The van der Waals surface area contributed by atoms with Crippen LogP contribution in [-0.2, 0) is 4.79 Å². The van der Waals surface area contributed by atoms with Gasteiger partial charge >= 0.3 is 0 Å². The number of carbonyl (C=O) groups excluding carboxylic acids is 1. The Labute approximate surface area is 135 Å². The van der Waals surface area contributed by atoms with E-state index in [9.17, 15) is 4.79 Å². The molecule has 0 saturated heterocycles. The summed E-state index contributed by atoms with van der Waals surface area (Å²) in [7, 11) is 0. The number of rotatable bonds is 5. The van der Waals surface area contributed by atoms with E-state index < -0.39 is 0 Å². The van der Waals surface area contributed by atoms with Gasteiger partial charge in [0.05, 0.1) is 6.04 Å². The van der Waals surface area contributed by atoms with E-state index in [4.69, 9.17) is 0 Å². The molecular formula is C16H13NOS3. The van der Waals surface area contributed by atoms with Gasteiger partial charge < -0.3 is 5.32 Å². The molecule has 5 heteroatoms. The molecule has 0 fully saturated rings. The molecule has 3 aromatic rings. The average Bonchev–Trinajstić information content (AvgIpc) is 3.26. The van der Waals surface area contributed by atoms with E-state index in [-0.39, 0.29) is 11.9 Å². The summed E-state index contributed by atoms with van der Waals surface area (Å²) in [5.74, 6) is -0.0759. The van der Waals surface area contributed by atoms with Crippen LogP contribution in [0.5, 0.6) is 0 Å². The van der Waals surface area contributed by atoms with Crippen molar-refractivity contribution < 1.29 is 4.79 Å². The van der Waals surface area contributed by atoms with Gasteiger partial charge in [-0.25, -0.2) is 0 Å². The summed E-state index contributed by atoms with van der Waals surface area (Å²) >= 11 is 4.91. The lowest BCUT2D eigenvalue weighted by Crippen LogP contribution is -2.26. The van der Waals surface area contributed by atoms with Crippen molar-refractivity contribution in [1.82, 2.24) is 5.32 Å². The van der Waals surface area contributed by atoms with Crippen molar-refractivity contribution in [2.24, 2.45) is 0 Å². The molecule has 0 aliphatic heterocycles. The number of nitrogens with one attached hydrogen (secondary N) is 1. The maximum absolute atomic E-state index is 12.2. The van der Waals surface area contributed by atoms with Gasteiger partial charge in [0.2, 0.25) is 5.91 Å². The molecule has 106 valence electrons. The van der Waals surface area contributed by atoms with Gasteiger partial charge in [0.25, 0.3) is 0 Å². The molecule has 3 heterocycles. The molecule has 1 unspecified atom stereocenters. The van der Waals surface area contributed by atoms with Crippen LogP contribution >= 0.6 is 34.0 Å². The summed E-state index contributed by atoms with van der Waals surface area (Å²) in [5.41, 5.74) is 1.13. The lowest BCUT2D eigenvalue weighted by molar-refractivity contribution is -0.116. The Morgan fingerprint density at radius 3 is 2.62 bits per heavy atom. The SMILES string of the molecule is O=C(/C=C/c1cccs1)NC(c1ccsc1)c1cccs1. The minimum absolute atomic E-state index is 0.0725. The molecule has 3 rings (SSSR count). The first-order chi connectivity index (χ1) is 10.3. The Bertz CT molecular complexity index is 663. The first-order valence-corrected chi connectivity index (χ1v) is 9.11. The summed E-state index contributed by atoms with van der Waals surface area (Å²) in [6.07, 6.45) is 3.44. The molecule has 0 radical (unpaired) electrons. The first-order valence-electron chi connectivity index (χ1n) is 6.40. The quantitative estimate of drug-likeness (QED) is 0.669. The fourth-order valence-corrected chi connectivity index (χ4v) is 4.05. The highest BCUT2D eigenvalue weighted by molar-refractivity contribution is 7.11. The zero-order valence-corrected chi connectivity index (χ0v) is 13.5. The van der Waals surface area contributed by atoms with Gasteiger partial charge in [-0.05, 0) is 51.4 Å². The van der Waals surface area contributed by atoms with E-state index in [1.54, 1.807) is 40.1 Å². The molecule has 0 spiro atoms. The van der Waals surface area contributed by atoms with Gasteiger partial charge in [-0.1, -0.05) is 12.1 Å². The fraction of sp³-hybridized carbons (Fsp3) is 0.0625. The Hall–Kier alpha value is -1.69. The number of thiophene rings is 3. The number of hydrogen-bond donors (Lipinski definition) is 1. The molecule has 0 saturated carbocycles. The number of amides is 1. The second-order valence-corrected chi connectivity index (χ2v) is 7.10. The lowest BCUT2D eigenvalue weighted by atomic mass is 10.1. The van der Waals surface area contributed by atoms with Crippen LogP contribution in [0, 0.1) is 0 Å². The summed E-state index contributed by atoms with van der Waals surface area (Å²) in [6, 6.07) is 10.0. The smallest absolute Gasteiger partial charge is 0.244 e. The van der Waals surface area contributed by atoms with E-state index >= 15 is 0 Å². The van der Waals surface area contributed by atoms with Gasteiger partial charge in [-0.2, -0.15) is 11.3 Å². The van der Waals surface area contributed by atoms with Crippen molar-refractivity contribution in [3.8, 4) is 0 Å². The highest BCUT2D eigenvalue weighted by Crippen LogP contribution is 2.27. The molecule has 0 aromatic carbocycles.